The van der Waals surface area contributed by atoms with Gasteiger partial charge in [0.25, 0.3) is 0 Å². The van der Waals surface area contributed by atoms with Gasteiger partial charge >= 0.3 is 12.1 Å². The summed E-state index contributed by atoms with van der Waals surface area (Å²) in [6, 6.07) is 1.47. The van der Waals surface area contributed by atoms with Gasteiger partial charge in [0.05, 0.1) is 19.8 Å². The molecular formula is C17H24N2O4. The molecule has 0 aromatic carbocycles. The maximum absolute atomic E-state index is 12.2. The van der Waals surface area contributed by atoms with Gasteiger partial charge in [0.2, 0.25) is 0 Å². The summed E-state index contributed by atoms with van der Waals surface area (Å²) < 4.78 is 9.97. The second-order valence-corrected chi connectivity index (χ2v) is 6.21. The molecule has 2 rings (SSSR count). The molecule has 0 radical (unpaired) electrons. The summed E-state index contributed by atoms with van der Waals surface area (Å²) in [4.78, 5) is 25.8. The highest BCUT2D eigenvalue weighted by Crippen LogP contribution is 2.41. The van der Waals surface area contributed by atoms with Crippen molar-refractivity contribution in [2.24, 2.45) is 17.8 Å². The number of hydrogen-bond acceptors (Lipinski definition) is 5. The quantitative estimate of drug-likeness (QED) is 0.589. The molecule has 1 aliphatic carbocycles. The molecule has 0 aromatic rings. The number of carbonyl (C=O) groups excluding carboxylic acids is 2. The van der Waals surface area contributed by atoms with Crippen molar-refractivity contribution in [2.75, 3.05) is 20.3 Å². The van der Waals surface area contributed by atoms with Crippen molar-refractivity contribution < 1.29 is 19.1 Å². The Morgan fingerprint density at radius 1 is 1.30 bits per heavy atom. The Kier molecular flexibility index (Phi) is 6.03. The topological polar surface area (TPSA) is 79.6 Å². The van der Waals surface area contributed by atoms with Crippen LogP contribution in [-0.2, 0) is 14.3 Å². The zero-order valence-corrected chi connectivity index (χ0v) is 13.7. The van der Waals surface area contributed by atoms with Crippen molar-refractivity contribution in [3.63, 3.8) is 0 Å². The summed E-state index contributed by atoms with van der Waals surface area (Å²) >= 11 is 0. The fraction of sp³-hybridized carbons (Fsp3) is 0.706. The van der Waals surface area contributed by atoms with Crippen LogP contribution >= 0.6 is 0 Å². The van der Waals surface area contributed by atoms with Crippen molar-refractivity contribution in [1.29, 1.82) is 5.26 Å². The first kappa shape index (κ1) is 17.3. The van der Waals surface area contributed by atoms with E-state index >= 15 is 0 Å². The number of rotatable bonds is 3. The van der Waals surface area contributed by atoms with Gasteiger partial charge in [0.15, 0.2) is 0 Å². The van der Waals surface area contributed by atoms with Gasteiger partial charge in [-0.15, -0.1) is 0 Å². The molecule has 1 aliphatic heterocycles. The molecule has 1 saturated carbocycles. The normalized spacial score (nSPS) is 30.4. The number of nitriles is 1. The number of methoxy groups -OCH3 is 1. The lowest BCUT2D eigenvalue weighted by molar-refractivity contribution is -0.152. The van der Waals surface area contributed by atoms with E-state index < -0.39 is 12.1 Å². The highest BCUT2D eigenvalue weighted by molar-refractivity contribution is 5.81. The number of nitrogens with zero attached hydrogens (tertiary/aromatic N) is 2. The molecule has 4 atom stereocenters. The fourth-order valence-electron chi connectivity index (χ4n) is 3.82. The average Bonchev–Trinajstić information content (AvgIpc) is 2.58. The summed E-state index contributed by atoms with van der Waals surface area (Å²) in [6.45, 7) is 2.59. The molecule has 6 nitrogen and oxygen atoms in total. The van der Waals surface area contributed by atoms with E-state index in [0.29, 0.717) is 37.3 Å². The van der Waals surface area contributed by atoms with E-state index in [9.17, 15) is 9.59 Å². The van der Waals surface area contributed by atoms with E-state index in [4.69, 9.17) is 14.7 Å². The van der Waals surface area contributed by atoms with Gasteiger partial charge < -0.3 is 9.47 Å². The van der Waals surface area contributed by atoms with Gasteiger partial charge in [0.1, 0.15) is 6.04 Å². The van der Waals surface area contributed by atoms with Crippen molar-refractivity contribution >= 4 is 12.1 Å². The fourth-order valence-corrected chi connectivity index (χ4v) is 3.82. The van der Waals surface area contributed by atoms with Crippen LogP contribution in [0.2, 0.25) is 0 Å². The molecule has 0 bridgehead atoms. The first-order valence-corrected chi connectivity index (χ1v) is 8.18. The minimum absolute atomic E-state index is 0.298. The number of allylic oxidation sites excluding steroid dienone is 2. The third kappa shape index (κ3) is 4.04. The number of esters is 1. The first-order valence-electron chi connectivity index (χ1n) is 8.18. The van der Waals surface area contributed by atoms with Crippen LogP contribution in [0.4, 0.5) is 4.79 Å². The van der Waals surface area contributed by atoms with Crippen molar-refractivity contribution in [2.45, 2.75) is 38.6 Å². The van der Waals surface area contributed by atoms with Crippen LogP contribution < -0.4 is 0 Å². The molecule has 6 heteroatoms. The Hall–Kier alpha value is -2.03. The molecule has 1 amide bonds. The van der Waals surface area contributed by atoms with Crippen molar-refractivity contribution in [3.8, 4) is 6.07 Å². The Labute approximate surface area is 137 Å². The summed E-state index contributed by atoms with van der Waals surface area (Å²) in [6.07, 6.45) is 6.60. The lowest BCUT2D eigenvalue weighted by atomic mass is 9.69. The standard InChI is InChI=1S/C17H24N2O4/c1-3-23-16(20)15-10-14-9-12(5-4-8-18)6-7-13(14)11-19(15)17(21)22-2/h4-5,12-15H,3,6-7,9-11H2,1-2H3/b5-4+/t12?,13-,14+,15+/m0/s1. The van der Waals surface area contributed by atoms with Crippen LogP contribution in [-0.4, -0.2) is 43.3 Å². The number of piperidine rings is 1. The average molecular weight is 320 g/mol. The Balaban J connectivity index is 2.11. The number of fused-ring (bicyclic) bond motifs is 1. The summed E-state index contributed by atoms with van der Waals surface area (Å²) in [7, 11) is 1.33. The molecule has 2 aliphatic rings. The minimum Gasteiger partial charge on any atom is -0.464 e. The van der Waals surface area contributed by atoms with Crippen LogP contribution in [0.1, 0.15) is 32.6 Å². The second-order valence-electron chi connectivity index (χ2n) is 6.21. The van der Waals surface area contributed by atoms with Gasteiger partial charge in [-0.3, -0.25) is 4.90 Å². The maximum atomic E-state index is 12.2. The lowest BCUT2D eigenvalue weighted by Crippen LogP contribution is -2.54. The van der Waals surface area contributed by atoms with E-state index in [1.807, 2.05) is 12.1 Å². The Bertz CT molecular complexity index is 511. The van der Waals surface area contributed by atoms with Gasteiger partial charge in [-0.1, -0.05) is 6.08 Å². The first-order chi connectivity index (χ1) is 11.1. The summed E-state index contributed by atoms with van der Waals surface area (Å²) in [5, 5.41) is 8.67. The molecule has 1 unspecified atom stereocenters. The summed E-state index contributed by atoms with van der Waals surface area (Å²) in [5.41, 5.74) is 0. The van der Waals surface area contributed by atoms with E-state index in [-0.39, 0.29) is 5.97 Å². The molecule has 23 heavy (non-hydrogen) atoms. The summed E-state index contributed by atoms with van der Waals surface area (Å²) in [5.74, 6) is 0.772. The number of carbonyl (C=O) groups is 2. The van der Waals surface area contributed by atoms with E-state index in [1.54, 1.807) is 6.92 Å². The molecule has 0 spiro atoms. The molecule has 0 N–H and O–H groups in total. The monoisotopic (exact) mass is 320 g/mol. The highest BCUT2D eigenvalue weighted by atomic mass is 16.6. The van der Waals surface area contributed by atoms with E-state index in [0.717, 1.165) is 19.3 Å². The molecule has 126 valence electrons. The molecule has 1 heterocycles. The van der Waals surface area contributed by atoms with E-state index in [2.05, 4.69) is 0 Å². The highest BCUT2D eigenvalue weighted by Gasteiger charge is 2.44. The van der Waals surface area contributed by atoms with Crippen molar-refractivity contribution in [1.82, 2.24) is 4.90 Å². The third-order valence-corrected chi connectivity index (χ3v) is 4.92. The molecule has 2 fully saturated rings. The van der Waals surface area contributed by atoms with Crippen LogP contribution in [0.25, 0.3) is 0 Å². The number of hydrogen-bond donors (Lipinski definition) is 0. The predicted octanol–water partition coefficient (Wildman–Crippen LogP) is 2.50. The van der Waals surface area contributed by atoms with Gasteiger partial charge in [0, 0.05) is 12.6 Å². The van der Waals surface area contributed by atoms with Gasteiger partial charge in [-0.2, -0.15) is 5.26 Å². The lowest BCUT2D eigenvalue weighted by Gasteiger charge is -2.45. The van der Waals surface area contributed by atoms with Crippen LogP contribution in [0.3, 0.4) is 0 Å². The molecule has 1 saturated heterocycles. The number of ether oxygens (including phenoxy) is 2. The smallest absolute Gasteiger partial charge is 0.410 e. The third-order valence-electron chi connectivity index (χ3n) is 4.92. The van der Waals surface area contributed by atoms with Gasteiger partial charge in [-0.05, 0) is 50.4 Å². The van der Waals surface area contributed by atoms with Crippen LogP contribution in [0.5, 0.6) is 0 Å². The minimum atomic E-state index is -0.567. The predicted molar refractivity (Wildman–Crippen MR) is 83.2 cm³/mol. The molecular weight excluding hydrogens is 296 g/mol. The second kappa shape index (κ2) is 8.00. The van der Waals surface area contributed by atoms with Crippen LogP contribution in [0.15, 0.2) is 12.2 Å². The maximum Gasteiger partial charge on any atom is 0.410 e. The van der Waals surface area contributed by atoms with Crippen molar-refractivity contribution in [3.05, 3.63) is 12.2 Å². The molecule has 0 aromatic heterocycles. The van der Waals surface area contributed by atoms with E-state index in [1.165, 1.54) is 18.1 Å². The zero-order chi connectivity index (χ0) is 16.8. The SMILES string of the molecule is CCOC(=O)[C@H]1C[C@H]2CC(/C=C/C#N)CC[C@H]2CN1C(=O)OC. The number of amides is 1. The number of likely N-dealkylation sites (tertiary alicyclic amines) is 1. The Morgan fingerprint density at radius 3 is 2.74 bits per heavy atom. The Morgan fingerprint density at radius 2 is 2.09 bits per heavy atom. The largest absolute Gasteiger partial charge is 0.464 e. The zero-order valence-electron chi connectivity index (χ0n) is 13.7. The van der Waals surface area contributed by atoms with Crippen LogP contribution in [0, 0.1) is 29.1 Å². The van der Waals surface area contributed by atoms with Gasteiger partial charge in [-0.25, -0.2) is 9.59 Å².